The molecule has 0 spiro atoms. The van der Waals surface area contributed by atoms with E-state index in [4.69, 9.17) is 0 Å². The fourth-order valence-corrected chi connectivity index (χ4v) is 3.81. The summed E-state index contributed by atoms with van der Waals surface area (Å²) in [7, 11) is 0. The minimum Gasteiger partial charge on any atom is -0.353 e. The molecule has 1 aromatic carbocycles. The Morgan fingerprint density at radius 1 is 0.920 bits per heavy atom. The number of hydrogen-bond donors (Lipinski definition) is 0. The molecule has 128 valence electrons. The third-order valence-electron chi connectivity index (χ3n) is 4.25. The number of halogens is 1. The molecule has 1 fully saturated rings. The molecule has 0 aliphatic carbocycles. The van der Waals surface area contributed by atoms with Crippen molar-refractivity contribution >= 4 is 22.3 Å². The maximum Gasteiger partial charge on any atom is 0.208 e. The standard InChI is InChI=1S/C18H18FN5S/c19-15-6-4-14(5-7-15)13-17-21-22-18(25-17)24-11-9-23(10-12-24)16-3-1-2-8-20-16/h1-8H,9-13H2. The van der Waals surface area contributed by atoms with Crippen molar-refractivity contribution in [2.45, 2.75) is 6.42 Å². The van der Waals surface area contributed by atoms with Crippen molar-refractivity contribution in [3.05, 3.63) is 65.0 Å². The fraction of sp³-hybridized carbons (Fsp3) is 0.278. The Bertz CT molecular complexity index is 813. The summed E-state index contributed by atoms with van der Waals surface area (Å²) in [6.45, 7) is 3.65. The molecule has 1 aliphatic rings. The number of pyridine rings is 1. The number of piperazine rings is 1. The topological polar surface area (TPSA) is 45.2 Å². The number of nitrogens with zero attached hydrogens (tertiary/aromatic N) is 5. The van der Waals surface area contributed by atoms with Crippen molar-refractivity contribution < 1.29 is 4.39 Å². The first-order valence-corrected chi connectivity index (χ1v) is 9.07. The second-order valence-corrected chi connectivity index (χ2v) is 6.98. The minimum absolute atomic E-state index is 0.215. The molecule has 4 rings (SSSR count). The van der Waals surface area contributed by atoms with Gasteiger partial charge >= 0.3 is 0 Å². The summed E-state index contributed by atoms with van der Waals surface area (Å²) in [5.74, 6) is 0.809. The van der Waals surface area contributed by atoms with Gasteiger partial charge in [-0.05, 0) is 29.8 Å². The third kappa shape index (κ3) is 3.76. The second-order valence-electron chi connectivity index (χ2n) is 5.94. The molecular formula is C18H18FN5S. The molecule has 2 aromatic heterocycles. The van der Waals surface area contributed by atoms with Crippen LogP contribution in [0, 0.1) is 5.82 Å². The van der Waals surface area contributed by atoms with Gasteiger partial charge < -0.3 is 9.80 Å². The van der Waals surface area contributed by atoms with Crippen LogP contribution >= 0.6 is 11.3 Å². The third-order valence-corrected chi connectivity index (χ3v) is 5.23. The molecule has 0 N–H and O–H groups in total. The lowest BCUT2D eigenvalue weighted by atomic mass is 10.2. The Balaban J connectivity index is 1.37. The van der Waals surface area contributed by atoms with E-state index in [0.29, 0.717) is 6.42 Å². The van der Waals surface area contributed by atoms with Crippen LogP contribution in [0.3, 0.4) is 0 Å². The number of anilines is 2. The van der Waals surface area contributed by atoms with Crippen LogP contribution in [0.15, 0.2) is 48.7 Å². The van der Waals surface area contributed by atoms with E-state index in [1.165, 1.54) is 12.1 Å². The van der Waals surface area contributed by atoms with E-state index in [9.17, 15) is 4.39 Å². The zero-order valence-corrected chi connectivity index (χ0v) is 14.5. The monoisotopic (exact) mass is 355 g/mol. The molecule has 0 amide bonds. The van der Waals surface area contributed by atoms with E-state index >= 15 is 0 Å². The summed E-state index contributed by atoms with van der Waals surface area (Å²) in [5, 5.41) is 10.5. The van der Waals surface area contributed by atoms with Crippen molar-refractivity contribution in [3.8, 4) is 0 Å². The predicted molar refractivity (Wildman–Crippen MR) is 97.8 cm³/mol. The van der Waals surface area contributed by atoms with Crippen LogP contribution in [0.2, 0.25) is 0 Å². The first kappa shape index (κ1) is 16.0. The molecular weight excluding hydrogens is 337 g/mol. The second kappa shape index (κ2) is 7.14. The summed E-state index contributed by atoms with van der Waals surface area (Å²) < 4.78 is 13.0. The summed E-state index contributed by atoms with van der Waals surface area (Å²) in [4.78, 5) is 8.97. The molecule has 1 saturated heterocycles. The lowest BCUT2D eigenvalue weighted by Crippen LogP contribution is -2.46. The summed E-state index contributed by atoms with van der Waals surface area (Å²) in [6.07, 6.45) is 2.51. The highest BCUT2D eigenvalue weighted by molar-refractivity contribution is 7.15. The van der Waals surface area contributed by atoms with Crippen molar-refractivity contribution in [1.29, 1.82) is 0 Å². The summed E-state index contributed by atoms with van der Waals surface area (Å²) >= 11 is 1.61. The van der Waals surface area contributed by atoms with Gasteiger partial charge in [0.2, 0.25) is 5.13 Å². The summed E-state index contributed by atoms with van der Waals surface area (Å²) in [5.41, 5.74) is 1.05. The van der Waals surface area contributed by atoms with Gasteiger partial charge in [-0.2, -0.15) is 0 Å². The van der Waals surface area contributed by atoms with Gasteiger partial charge in [-0.3, -0.25) is 0 Å². The minimum atomic E-state index is -0.215. The highest BCUT2D eigenvalue weighted by Gasteiger charge is 2.20. The van der Waals surface area contributed by atoms with Crippen LogP contribution in [0.25, 0.3) is 0 Å². The largest absolute Gasteiger partial charge is 0.353 e. The fourth-order valence-electron chi connectivity index (χ4n) is 2.89. The van der Waals surface area contributed by atoms with Gasteiger partial charge in [-0.1, -0.05) is 29.5 Å². The molecule has 0 atom stereocenters. The first-order chi connectivity index (χ1) is 12.3. The molecule has 0 bridgehead atoms. The van der Waals surface area contributed by atoms with Crippen LogP contribution in [0.5, 0.6) is 0 Å². The molecule has 0 saturated carbocycles. The zero-order valence-electron chi connectivity index (χ0n) is 13.7. The Morgan fingerprint density at radius 3 is 2.40 bits per heavy atom. The summed E-state index contributed by atoms with van der Waals surface area (Å²) in [6, 6.07) is 12.5. The quantitative estimate of drug-likeness (QED) is 0.720. The molecule has 1 aliphatic heterocycles. The van der Waals surface area contributed by atoms with E-state index in [-0.39, 0.29) is 5.82 Å². The van der Waals surface area contributed by atoms with Gasteiger partial charge in [0, 0.05) is 38.8 Å². The molecule has 7 heteroatoms. The van der Waals surface area contributed by atoms with Crippen molar-refractivity contribution in [1.82, 2.24) is 15.2 Å². The molecule has 5 nitrogen and oxygen atoms in total. The van der Waals surface area contributed by atoms with E-state index < -0.39 is 0 Å². The first-order valence-electron chi connectivity index (χ1n) is 8.26. The number of aromatic nitrogens is 3. The smallest absolute Gasteiger partial charge is 0.208 e. The van der Waals surface area contributed by atoms with Crippen LogP contribution < -0.4 is 9.80 Å². The number of benzene rings is 1. The lowest BCUT2D eigenvalue weighted by Gasteiger charge is -2.34. The molecule has 0 unspecified atom stereocenters. The van der Waals surface area contributed by atoms with E-state index in [0.717, 1.165) is 47.7 Å². The van der Waals surface area contributed by atoms with E-state index in [1.54, 1.807) is 23.5 Å². The highest BCUT2D eigenvalue weighted by atomic mass is 32.1. The highest BCUT2D eigenvalue weighted by Crippen LogP contribution is 2.24. The van der Waals surface area contributed by atoms with Crippen LogP contribution in [-0.4, -0.2) is 41.4 Å². The lowest BCUT2D eigenvalue weighted by molar-refractivity contribution is 0.627. The Labute approximate surface area is 149 Å². The van der Waals surface area contributed by atoms with Gasteiger partial charge in [-0.15, -0.1) is 10.2 Å². The molecule has 3 heterocycles. The van der Waals surface area contributed by atoms with E-state index in [2.05, 4.69) is 25.0 Å². The molecule has 25 heavy (non-hydrogen) atoms. The van der Waals surface area contributed by atoms with Crippen molar-refractivity contribution in [2.24, 2.45) is 0 Å². The van der Waals surface area contributed by atoms with Gasteiger partial charge in [0.15, 0.2) is 0 Å². The van der Waals surface area contributed by atoms with Crippen molar-refractivity contribution in [2.75, 3.05) is 36.0 Å². The van der Waals surface area contributed by atoms with Gasteiger partial charge in [0.05, 0.1) is 0 Å². The van der Waals surface area contributed by atoms with E-state index in [1.807, 2.05) is 24.4 Å². The average molecular weight is 355 g/mol. The van der Waals surface area contributed by atoms with Gasteiger partial charge in [0.1, 0.15) is 16.6 Å². The number of rotatable bonds is 4. The van der Waals surface area contributed by atoms with Crippen molar-refractivity contribution in [3.63, 3.8) is 0 Å². The predicted octanol–water partition coefficient (Wildman–Crippen LogP) is 2.99. The maximum absolute atomic E-state index is 13.0. The average Bonchev–Trinajstić information content (AvgIpc) is 3.13. The molecule has 3 aromatic rings. The van der Waals surface area contributed by atoms with Gasteiger partial charge in [0.25, 0.3) is 0 Å². The van der Waals surface area contributed by atoms with Crippen LogP contribution in [0.1, 0.15) is 10.6 Å². The zero-order chi connectivity index (χ0) is 17.1. The van der Waals surface area contributed by atoms with Crippen LogP contribution in [0.4, 0.5) is 15.3 Å². The Kier molecular flexibility index (Phi) is 4.56. The van der Waals surface area contributed by atoms with Crippen LogP contribution in [-0.2, 0) is 6.42 Å². The normalized spacial score (nSPS) is 14.8. The number of hydrogen-bond acceptors (Lipinski definition) is 6. The Morgan fingerprint density at radius 2 is 1.68 bits per heavy atom. The van der Waals surface area contributed by atoms with Gasteiger partial charge in [-0.25, -0.2) is 9.37 Å². The molecule has 0 radical (unpaired) electrons. The maximum atomic E-state index is 13.0. The SMILES string of the molecule is Fc1ccc(Cc2nnc(N3CCN(c4ccccn4)CC3)s2)cc1. The Hall–Kier alpha value is -2.54.